The number of carbonyl (C=O) groups is 3. The van der Waals surface area contributed by atoms with E-state index in [1.54, 1.807) is 0 Å². The molecule has 2 N–H and O–H groups in total. The van der Waals surface area contributed by atoms with Gasteiger partial charge in [-0.2, -0.15) is 0 Å². The van der Waals surface area contributed by atoms with Gasteiger partial charge < -0.3 is 24.6 Å². The summed E-state index contributed by atoms with van der Waals surface area (Å²) >= 11 is 0. The van der Waals surface area contributed by atoms with Crippen LogP contribution in [0.25, 0.3) is 20.9 Å². The standard InChI is InChI=1S/C9H14N4O4.C7H11N3O3/c1-7(2)8(14)16-5-3-11-9(15)17-6-4-12-13-10;1-5(2)7(12)13-4-6(11)3-9-10-8/h1,3-6H2,2H3,(H,11,15);6,11H,1,3-4H2,2H3. The van der Waals surface area contributed by atoms with Crippen LogP contribution in [0.2, 0.25) is 0 Å². The number of aliphatic hydroxyl groups excluding tert-OH is 1. The van der Waals surface area contributed by atoms with Crippen LogP contribution in [-0.4, -0.2) is 68.7 Å². The van der Waals surface area contributed by atoms with Gasteiger partial charge in [-0.25, -0.2) is 14.4 Å². The number of carbonyl (C=O) groups excluding carboxylic acids is 3. The zero-order valence-corrected chi connectivity index (χ0v) is 16.8. The fourth-order valence-electron chi connectivity index (χ4n) is 1.17. The smallest absolute Gasteiger partial charge is 0.407 e. The monoisotopic (exact) mass is 427 g/mol. The number of nitrogens with one attached hydrogen (secondary N) is 1. The van der Waals surface area contributed by atoms with Crippen molar-refractivity contribution in [3.8, 4) is 0 Å². The Balaban J connectivity index is 0. The van der Waals surface area contributed by atoms with Crippen LogP contribution in [0.4, 0.5) is 4.79 Å². The summed E-state index contributed by atoms with van der Waals surface area (Å²) in [6.45, 7) is 9.74. The van der Waals surface area contributed by atoms with Gasteiger partial charge in [0.2, 0.25) is 0 Å². The molecule has 1 amide bonds. The summed E-state index contributed by atoms with van der Waals surface area (Å²) in [4.78, 5) is 37.6. The molecule has 1 atom stereocenters. The molecule has 0 aliphatic carbocycles. The predicted octanol–water partition coefficient (Wildman–Crippen LogP) is 1.92. The van der Waals surface area contributed by atoms with Crippen molar-refractivity contribution in [2.75, 3.05) is 39.5 Å². The van der Waals surface area contributed by atoms with Crippen LogP contribution in [-0.2, 0) is 23.8 Å². The van der Waals surface area contributed by atoms with Crippen LogP contribution in [0, 0.1) is 0 Å². The van der Waals surface area contributed by atoms with E-state index < -0.39 is 24.1 Å². The van der Waals surface area contributed by atoms with Crippen LogP contribution < -0.4 is 5.32 Å². The Morgan fingerprint density at radius 2 is 1.57 bits per heavy atom. The van der Waals surface area contributed by atoms with Gasteiger partial charge >= 0.3 is 18.0 Å². The van der Waals surface area contributed by atoms with Crippen molar-refractivity contribution in [2.24, 2.45) is 10.2 Å². The number of aliphatic hydroxyl groups is 1. The molecular weight excluding hydrogens is 402 g/mol. The van der Waals surface area contributed by atoms with Crippen molar-refractivity contribution in [3.63, 3.8) is 0 Å². The minimum atomic E-state index is -0.959. The molecule has 14 heteroatoms. The SMILES string of the molecule is C=C(C)C(=O)OCC(O)CN=[N+]=[N-].C=C(C)C(=O)OCCNC(=O)OCCN=[N+]=[N-]. The molecule has 166 valence electrons. The largest absolute Gasteiger partial charge is 0.460 e. The second kappa shape index (κ2) is 18.6. The molecular formula is C16H25N7O7. The predicted molar refractivity (Wildman–Crippen MR) is 105 cm³/mol. The summed E-state index contributed by atoms with van der Waals surface area (Å²) in [5.41, 5.74) is 16.4. The first-order valence-electron chi connectivity index (χ1n) is 8.41. The number of esters is 2. The first-order chi connectivity index (χ1) is 14.1. The third-order valence-electron chi connectivity index (χ3n) is 2.55. The van der Waals surface area contributed by atoms with Crippen molar-refractivity contribution in [2.45, 2.75) is 20.0 Å². The molecule has 0 saturated heterocycles. The Kier molecular flexibility index (Phi) is 17.7. The Morgan fingerprint density at radius 1 is 1.00 bits per heavy atom. The lowest BCUT2D eigenvalue weighted by Gasteiger charge is -2.07. The van der Waals surface area contributed by atoms with Crippen molar-refractivity contribution >= 4 is 18.0 Å². The van der Waals surface area contributed by atoms with E-state index in [1.165, 1.54) is 13.8 Å². The minimum Gasteiger partial charge on any atom is -0.460 e. The molecule has 0 heterocycles. The quantitative estimate of drug-likeness (QED) is 0.0897. The summed E-state index contributed by atoms with van der Waals surface area (Å²) in [5.74, 6) is -1.08. The molecule has 0 fully saturated rings. The number of amides is 1. The Hall–Kier alpha value is -3.73. The highest BCUT2D eigenvalue weighted by molar-refractivity contribution is 5.87. The van der Waals surface area contributed by atoms with Crippen molar-refractivity contribution in [1.82, 2.24) is 5.32 Å². The van der Waals surface area contributed by atoms with Crippen LogP contribution in [0.5, 0.6) is 0 Å². The lowest BCUT2D eigenvalue weighted by molar-refractivity contribution is -0.141. The Bertz CT molecular complexity index is 698. The van der Waals surface area contributed by atoms with Crippen LogP contribution >= 0.6 is 0 Å². The van der Waals surface area contributed by atoms with E-state index in [1.807, 2.05) is 0 Å². The van der Waals surface area contributed by atoms with Gasteiger partial charge in [0, 0.05) is 21.0 Å². The molecule has 0 bridgehead atoms. The summed E-state index contributed by atoms with van der Waals surface area (Å²) < 4.78 is 13.9. The van der Waals surface area contributed by atoms with E-state index in [-0.39, 0.29) is 45.0 Å². The molecule has 0 aliphatic rings. The molecule has 14 nitrogen and oxygen atoms in total. The van der Waals surface area contributed by atoms with E-state index in [9.17, 15) is 14.4 Å². The maximum atomic E-state index is 11.0. The lowest BCUT2D eigenvalue weighted by Crippen LogP contribution is -2.29. The molecule has 0 radical (unpaired) electrons. The molecule has 0 aromatic heterocycles. The summed E-state index contributed by atoms with van der Waals surface area (Å²) in [6, 6.07) is 0. The summed E-state index contributed by atoms with van der Waals surface area (Å²) in [6.07, 6.45) is -1.62. The number of alkyl carbamates (subject to hydrolysis) is 1. The van der Waals surface area contributed by atoms with Gasteiger partial charge in [-0.15, -0.1) is 0 Å². The highest BCUT2D eigenvalue weighted by Gasteiger charge is 2.08. The maximum absolute atomic E-state index is 11.0. The number of hydrogen-bond acceptors (Lipinski definition) is 9. The Labute approximate surface area is 172 Å². The zero-order valence-electron chi connectivity index (χ0n) is 16.8. The number of nitrogens with zero attached hydrogens (tertiary/aromatic N) is 6. The third-order valence-corrected chi connectivity index (χ3v) is 2.55. The molecule has 0 aromatic carbocycles. The normalized spacial score (nSPS) is 9.83. The molecule has 0 aliphatic heterocycles. The fourth-order valence-corrected chi connectivity index (χ4v) is 1.17. The van der Waals surface area contributed by atoms with E-state index >= 15 is 0 Å². The first-order valence-corrected chi connectivity index (χ1v) is 8.41. The highest BCUT2D eigenvalue weighted by atomic mass is 16.6. The van der Waals surface area contributed by atoms with Gasteiger partial charge in [0.25, 0.3) is 0 Å². The van der Waals surface area contributed by atoms with Gasteiger partial charge in [-0.1, -0.05) is 23.4 Å². The summed E-state index contributed by atoms with van der Waals surface area (Å²) in [5, 5.41) is 17.7. The number of azide groups is 2. The average molecular weight is 427 g/mol. The van der Waals surface area contributed by atoms with Gasteiger partial charge in [0.15, 0.2) is 0 Å². The number of rotatable bonds is 12. The highest BCUT2D eigenvalue weighted by Crippen LogP contribution is 1.94. The molecule has 1 unspecified atom stereocenters. The number of hydrogen-bond donors (Lipinski definition) is 2. The summed E-state index contributed by atoms with van der Waals surface area (Å²) in [7, 11) is 0. The molecule has 0 rings (SSSR count). The van der Waals surface area contributed by atoms with E-state index in [4.69, 9.17) is 20.9 Å². The topological polar surface area (TPSA) is 209 Å². The third kappa shape index (κ3) is 19.0. The fraction of sp³-hybridized carbons (Fsp3) is 0.562. The zero-order chi connectivity index (χ0) is 23.4. The molecule has 30 heavy (non-hydrogen) atoms. The lowest BCUT2D eigenvalue weighted by atomic mass is 10.3. The van der Waals surface area contributed by atoms with Crippen LogP contribution in [0.1, 0.15) is 13.8 Å². The molecule has 0 aromatic rings. The van der Waals surface area contributed by atoms with Gasteiger partial charge in [0.05, 0.1) is 32.3 Å². The second-order valence-electron chi connectivity index (χ2n) is 5.38. The van der Waals surface area contributed by atoms with Crippen LogP contribution in [0.15, 0.2) is 34.5 Å². The van der Waals surface area contributed by atoms with E-state index in [0.717, 1.165) is 0 Å². The van der Waals surface area contributed by atoms with E-state index in [2.05, 4.69) is 48.0 Å². The van der Waals surface area contributed by atoms with E-state index in [0.29, 0.717) is 5.57 Å². The van der Waals surface area contributed by atoms with Crippen molar-refractivity contribution < 1.29 is 33.7 Å². The minimum absolute atomic E-state index is 0.00144. The van der Waals surface area contributed by atoms with Gasteiger partial charge in [-0.05, 0) is 24.9 Å². The average Bonchev–Trinajstić information content (AvgIpc) is 2.71. The van der Waals surface area contributed by atoms with Crippen LogP contribution in [0.3, 0.4) is 0 Å². The molecule has 0 spiro atoms. The van der Waals surface area contributed by atoms with Crippen molar-refractivity contribution in [1.29, 1.82) is 0 Å². The maximum Gasteiger partial charge on any atom is 0.407 e. The number of ether oxygens (including phenoxy) is 3. The Morgan fingerprint density at radius 3 is 2.10 bits per heavy atom. The second-order valence-corrected chi connectivity index (χ2v) is 5.38. The first kappa shape index (κ1) is 28.5. The van der Waals surface area contributed by atoms with Gasteiger partial charge in [-0.3, -0.25) is 0 Å². The molecule has 0 saturated carbocycles. The van der Waals surface area contributed by atoms with Crippen molar-refractivity contribution in [3.05, 3.63) is 45.2 Å². The van der Waals surface area contributed by atoms with Gasteiger partial charge in [0.1, 0.15) is 13.2 Å².